The zero-order valence-electron chi connectivity index (χ0n) is 14.2. The summed E-state index contributed by atoms with van der Waals surface area (Å²) in [4.78, 5) is 47.5. The van der Waals surface area contributed by atoms with Gasteiger partial charge in [0.25, 0.3) is 0 Å². The maximum absolute atomic E-state index is 12.4. The second kappa shape index (κ2) is 6.23. The van der Waals surface area contributed by atoms with Gasteiger partial charge in [0.05, 0.1) is 11.8 Å². The first-order chi connectivity index (χ1) is 12.4. The number of hydrogen-bond acceptors (Lipinski definition) is 7. The van der Waals surface area contributed by atoms with Crippen molar-refractivity contribution in [1.29, 1.82) is 0 Å². The Morgan fingerprint density at radius 2 is 1.88 bits per heavy atom. The fourth-order valence-electron chi connectivity index (χ4n) is 4.52. The number of hydrogen-bond donors (Lipinski definition) is 0. The zero-order valence-corrected chi connectivity index (χ0v) is 14.2. The molecule has 1 aliphatic heterocycles. The van der Waals surface area contributed by atoms with Crippen LogP contribution in [0.5, 0.6) is 5.75 Å². The molecule has 136 valence electrons. The molecule has 3 aliphatic rings. The highest BCUT2D eigenvalue weighted by atomic mass is 16.6. The second-order valence-electron chi connectivity index (χ2n) is 7.07. The van der Waals surface area contributed by atoms with E-state index in [-0.39, 0.29) is 36.3 Å². The van der Waals surface area contributed by atoms with Crippen LogP contribution in [0.25, 0.3) is 0 Å². The fraction of sp³-hybridized carbons (Fsp3) is 0.474. The second-order valence-corrected chi connectivity index (χ2v) is 7.07. The van der Waals surface area contributed by atoms with E-state index >= 15 is 0 Å². The molecule has 7 nitrogen and oxygen atoms in total. The van der Waals surface area contributed by atoms with E-state index < -0.39 is 23.8 Å². The van der Waals surface area contributed by atoms with Crippen LogP contribution in [0.4, 0.5) is 0 Å². The zero-order chi connectivity index (χ0) is 18.4. The number of ether oxygens (including phenoxy) is 3. The Morgan fingerprint density at radius 3 is 2.58 bits per heavy atom. The lowest BCUT2D eigenvalue weighted by atomic mass is 9.80. The Hall–Kier alpha value is -2.70. The van der Waals surface area contributed by atoms with Crippen LogP contribution in [-0.4, -0.2) is 36.4 Å². The highest BCUT2D eigenvalue weighted by molar-refractivity contribution is 5.98. The molecule has 0 amide bonds. The van der Waals surface area contributed by atoms with Crippen LogP contribution in [0.1, 0.15) is 30.1 Å². The molecule has 4 rings (SSSR count). The van der Waals surface area contributed by atoms with Crippen molar-refractivity contribution in [2.45, 2.75) is 25.9 Å². The van der Waals surface area contributed by atoms with Crippen molar-refractivity contribution in [2.75, 3.05) is 6.61 Å². The normalized spacial score (nSPS) is 30.8. The molecule has 1 aromatic carbocycles. The Bertz CT molecular complexity index is 780. The van der Waals surface area contributed by atoms with Crippen molar-refractivity contribution in [3.63, 3.8) is 0 Å². The molecule has 7 heteroatoms. The molecular weight excluding hydrogens is 340 g/mol. The minimum Gasteiger partial charge on any atom is -0.462 e. The number of rotatable bonds is 5. The number of carbonyl (C=O) groups is 4. The average Bonchev–Trinajstić information content (AvgIpc) is 3.21. The van der Waals surface area contributed by atoms with Crippen molar-refractivity contribution in [1.82, 2.24) is 0 Å². The molecule has 0 radical (unpaired) electrons. The lowest BCUT2D eigenvalue weighted by Crippen LogP contribution is -2.34. The maximum Gasteiger partial charge on any atom is 0.310 e. The third-order valence-corrected chi connectivity index (χ3v) is 5.54. The summed E-state index contributed by atoms with van der Waals surface area (Å²) in [5, 5.41) is 0. The van der Waals surface area contributed by atoms with E-state index in [9.17, 15) is 19.2 Å². The van der Waals surface area contributed by atoms with Gasteiger partial charge in [-0.15, -0.1) is 0 Å². The number of benzene rings is 1. The summed E-state index contributed by atoms with van der Waals surface area (Å²) in [5.41, 5.74) is 0.349. The lowest BCUT2D eigenvalue weighted by Gasteiger charge is -2.22. The van der Waals surface area contributed by atoms with Gasteiger partial charge in [-0.2, -0.15) is 0 Å². The van der Waals surface area contributed by atoms with Gasteiger partial charge in [-0.3, -0.25) is 19.2 Å². The van der Waals surface area contributed by atoms with Crippen molar-refractivity contribution < 1.29 is 33.4 Å². The first-order valence-corrected chi connectivity index (χ1v) is 8.63. The number of Topliss-reactive ketones (excluding diaryl/α,β-unsaturated/α-hetero) is 1. The van der Waals surface area contributed by atoms with E-state index in [2.05, 4.69) is 0 Å². The van der Waals surface area contributed by atoms with Crippen LogP contribution in [0, 0.1) is 23.7 Å². The molecule has 2 bridgehead atoms. The summed E-state index contributed by atoms with van der Waals surface area (Å²) in [6.07, 6.45) is 1.48. The summed E-state index contributed by atoms with van der Waals surface area (Å²) < 4.78 is 15.4. The molecule has 5 atom stereocenters. The summed E-state index contributed by atoms with van der Waals surface area (Å²) >= 11 is 0. The maximum atomic E-state index is 12.4. The van der Waals surface area contributed by atoms with Gasteiger partial charge in [-0.1, -0.05) is 0 Å². The Balaban J connectivity index is 1.35. The van der Waals surface area contributed by atoms with Crippen LogP contribution in [0.15, 0.2) is 24.3 Å². The molecule has 0 unspecified atom stereocenters. The summed E-state index contributed by atoms with van der Waals surface area (Å²) in [6.45, 7) is 0.904. The Kier molecular flexibility index (Phi) is 4.01. The lowest BCUT2D eigenvalue weighted by molar-refractivity contribution is -0.154. The van der Waals surface area contributed by atoms with E-state index in [4.69, 9.17) is 14.2 Å². The predicted octanol–water partition coefficient (Wildman–Crippen LogP) is 1.54. The molecule has 2 saturated carbocycles. The summed E-state index contributed by atoms with van der Waals surface area (Å²) in [6, 6.07) is 6.01. The van der Waals surface area contributed by atoms with Gasteiger partial charge in [-0.25, -0.2) is 0 Å². The predicted molar refractivity (Wildman–Crippen MR) is 86.1 cm³/mol. The number of fused-ring (bicyclic) bond motifs is 1. The van der Waals surface area contributed by atoms with Gasteiger partial charge in [0.1, 0.15) is 11.9 Å². The summed E-state index contributed by atoms with van der Waals surface area (Å²) in [7, 11) is 0. The topological polar surface area (TPSA) is 96.0 Å². The molecule has 1 aromatic rings. The van der Waals surface area contributed by atoms with Crippen LogP contribution < -0.4 is 4.74 Å². The molecule has 0 spiro atoms. The van der Waals surface area contributed by atoms with Gasteiger partial charge in [0, 0.05) is 18.4 Å². The average molecular weight is 358 g/mol. The molecule has 2 aliphatic carbocycles. The van der Waals surface area contributed by atoms with Gasteiger partial charge in [0.15, 0.2) is 12.4 Å². The van der Waals surface area contributed by atoms with Gasteiger partial charge in [0.2, 0.25) is 0 Å². The van der Waals surface area contributed by atoms with Gasteiger partial charge < -0.3 is 14.2 Å². The van der Waals surface area contributed by atoms with E-state index in [0.717, 1.165) is 6.42 Å². The van der Waals surface area contributed by atoms with E-state index in [1.807, 2.05) is 0 Å². The third-order valence-electron chi connectivity index (χ3n) is 5.54. The smallest absolute Gasteiger partial charge is 0.310 e. The van der Waals surface area contributed by atoms with Crippen molar-refractivity contribution in [2.24, 2.45) is 23.7 Å². The van der Waals surface area contributed by atoms with Crippen LogP contribution in [0.3, 0.4) is 0 Å². The largest absolute Gasteiger partial charge is 0.462 e. The molecule has 3 fully saturated rings. The van der Waals surface area contributed by atoms with E-state index in [1.54, 1.807) is 0 Å². The van der Waals surface area contributed by atoms with Gasteiger partial charge >= 0.3 is 17.9 Å². The highest BCUT2D eigenvalue weighted by Gasteiger charge is 2.64. The Morgan fingerprint density at radius 1 is 1.15 bits per heavy atom. The first-order valence-electron chi connectivity index (χ1n) is 8.63. The molecule has 0 N–H and O–H groups in total. The monoisotopic (exact) mass is 358 g/mol. The number of ketones is 1. The first kappa shape index (κ1) is 16.8. The number of esters is 3. The number of carbonyl (C=O) groups excluding carboxylic acids is 4. The van der Waals surface area contributed by atoms with E-state index in [0.29, 0.717) is 17.7 Å². The highest BCUT2D eigenvalue weighted by Crippen LogP contribution is 2.57. The van der Waals surface area contributed by atoms with Crippen molar-refractivity contribution in [3.05, 3.63) is 29.8 Å². The molecule has 1 saturated heterocycles. The van der Waals surface area contributed by atoms with Crippen LogP contribution >= 0.6 is 0 Å². The third kappa shape index (κ3) is 2.77. The minimum absolute atomic E-state index is 0.0427. The fourth-order valence-corrected chi connectivity index (χ4v) is 4.52. The van der Waals surface area contributed by atoms with Crippen LogP contribution in [0.2, 0.25) is 0 Å². The van der Waals surface area contributed by atoms with E-state index in [1.165, 1.54) is 31.2 Å². The molecule has 1 heterocycles. The standard InChI is InChI=1S/C19H18O7/c1-9(20)25-12-4-2-10(3-5-12)14(21)8-24-18(22)16-11-6-13-15(7-11)26-19(23)17(13)16/h2-5,11,13,15-17H,6-8H2,1H3/t11-,13+,15+,16-,17+/m1/s1. The molecule has 26 heavy (non-hydrogen) atoms. The quantitative estimate of drug-likeness (QED) is 0.447. The van der Waals surface area contributed by atoms with Crippen molar-refractivity contribution in [3.8, 4) is 5.75 Å². The van der Waals surface area contributed by atoms with Gasteiger partial charge in [-0.05, 0) is 43.0 Å². The summed E-state index contributed by atoms with van der Waals surface area (Å²) in [5.74, 6) is -1.96. The molecular formula is C19H18O7. The van der Waals surface area contributed by atoms with Crippen molar-refractivity contribution >= 4 is 23.7 Å². The minimum atomic E-state index is -0.496. The Labute approximate surface area is 149 Å². The van der Waals surface area contributed by atoms with Crippen LogP contribution in [-0.2, 0) is 23.9 Å². The SMILES string of the molecule is CC(=O)Oc1ccc(C(=O)COC(=O)[C@@H]2[C@@H]3C[C@@H]4[C@@H]2C(=O)O[C@H]4C3)cc1. The molecule has 0 aromatic heterocycles.